The van der Waals surface area contributed by atoms with Gasteiger partial charge in [0, 0.05) is 22.9 Å². The molecule has 0 aliphatic carbocycles. The number of fused-ring (bicyclic) bond motifs is 6. The van der Waals surface area contributed by atoms with Crippen LogP contribution in [0.15, 0.2) is 30.6 Å². The average Bonchev–Trinajstić information content (AvgIpc) is 3.08. The minimum Gasteiger partial charge on any atom is -0.487 e. The number of hydrogen-bond donors (Lipinski definition) is 0. The Morgan fingerprint density at radius 3 is 2.59 bits per heavy atom. The number of nitrogens with zero attached hydrogens (tertiary/aromatic N) is 2. The van der Waals surface area contributed by atoms with Crippen LogP contribution in [0.1, 0.15) is 71.3 Å². The summed E-state index contributed by atoms with van der Waals surface area (Å²) in [5, 5.41) is 2.50. The largest absolute Gasteiger partial charge is 0.487 e. The van der Waals surface area contributed by atoms with Crippen LogP contribution in [0.4, 0.5) is 0 Å². The smallest absolute Gasteiger partial charge is 0.133 e. The number of aromatic nitrogens is 2. The molecule has 0 fully saturated rings. The molecule has 0 N–H and O–H groups in total. The number of benzene rings is 2. The predicted molar refractivity (Wildman–Crippen MR) is 114 cm³/mol. The van der Waals surface area contributed by atoms with E-state index in [9.17, 15) is 0 Å². The van der Waals surface area contributed by atoms with Crippen molar-refractivity contribution in [2.75, 3.05) is 0 Å². The quantitative estimate of drug-likeness (QED) is 0.439. The van der Waals surface area contributed by atoms with Crippen LogP contribution in [0, 0.1) is 0 Å². The van der Waals surface area contributed by atoms with E-state index < -0.39 is 0 Å². The maximum absolute atomic E-state index is 6.44. The normalized spacial score (nSPS) is 15.8. The SMILES string of the molecule is CCCCCCCCn1cnc2c3c(c4ccccc4c21)OC(C)(C)CC3. The third-order valence-electron chi connectivity index (χ3n) is 5.93. The number of imidazole rings is 1. The molecular weight excluding hydrogens is 332 g/mol. The number of aryl methyl sites for hydroxylation is 2. The van der Waals surface area contributed by atoms with Crippen molar-refractivity contribution in [1.82, 2.24) is 9.55 Å². The van der Waals surface area contributed by atoms with E-state index in [-0.39, 0.29) is 5.60 Å². The van der Waals surface area contributed by atoms with Crippen LogP contribution in [-0.2, 0) is 13.0 Å². The van der Waals surface area contributed by atoms with Crippen LogP contribution in [-0.4, -0.2) is 15.2 Å². The summed E-state index contributed by atoms with van der Waals surface area (Å²) in [6, 6.07) is 8.68. The van der Waals surface area contributed by atoms with Gasteiger partial charge in [-0.3, -0.25) is 0 Å². The van der Waals surface area contributed by atoms with Gasteiger partial charge in [0.2, 0.25) is 0 Å². The third kappa shape index (κ3) is 3.56. The third-order valence-corrected chi connectivity index (χ3v) is 5.93. The molecule has 1 aromatic heterocycles. The van der Waals surface area contributed by atoms with Crippen molar-refractivity contribution in [1.29, 1.82) is 0 Å². The fourth-order valence-corrected chi connectivity index (χ4v) is 4.38. The van der Waals surface area contributed by atoms with Crippen LogP contribution in [0.25, 0.3) is 21.8 Å². The van der Waals surface area contributed by atoms with Gasteiger partial charge >= 0.3 is 0 Å². The van der Waals surface area contributed by atoms with Gasteiger partial charge < -0.3 is 9.30 Å². The fourth-order valence-electron chi connectivity index (χ4n) is 4.38. The lowest BCUT2D eigenvalue weighted by Crippen LogP contribution is -2.32. The van der Waals surface area contributed by atoms with Gasteiger partial charge in [-0.2, -0.15) is 0 Å². The van der Waals surface area contributed by atoms with E-state index in [4.69, 9.17) is 9.72 Å². The number of ether oxygens (including phenoxy) is 1. The van der Waals surface area contributed by atoms with Crippen molar-refractivity contribution >= 4 is 21.8 Å². The zero-order valence-corrected chi connectivity index (χ0v) is 17.1. The molecule has 0 bridgehead atoms. The molecule has 3 aromatic rings. The Kier molecular flexibility index (Phi) is 5.12. The Bertz CT molecular complexity index is 938. The molecule has 1 aliphatic heterocycles. The molecular formula is C24H32N2O. The van der Waals surface area contributed by atoms with Crippen LogP contribution in [0.2, 0.25) is 0 Å². The van der Waals surface area contributed by atoms with Gasteiger partial charge in [-0.1, -0.05) is 63.3 Å². The van der Waals surface area contributed by atoms with Crippen molar-refractivity contribution in [2.45, 2.75) is 84.3 Å². The van der Waals surface area contributed by atoms with Gasteiger partial charge in [0.25, 0.3) is 0 Å². The highest BCUT2D eigenvalue weighted by molar-refractivity contribution is 6.09. The van der Waals surface area contributed by atoms with Crippen molar-refractivity contribution in [3.05, 3.63) is 36.2 Å². The first-order chi connectivity index (χ1) is 13.1. The molecule has 0 atom stereocenters. The molecule has 0 spiro atoms. The van der Waals surface area contributed by atoms with Gasteiger partial charge in [0.05, 0.1) is 17.4 Å². The molecule has 0 saturated carbocycles. The van der Waals surface area contributed by atoms with E-state index in [0.29, 0.717) is 0 Å². The van der Waals surface area contributed by atoms with E-state index in [1.807, 2.05) is 6.33 Å². The van der Waals surface area contributed by atoms with E-state index in [1.54, 1.807) is 0 Å². The van der Waals surface area contributed by atoms with E-state index in [1.165, 1.54) is 60.4 Å². The first-order valence-electron chi connectivity index (χ1n) is 10.7. The summed E-state index contributed by atoms with van der Waals surface area (Å²) >= 11 is 0. The van der Waals surface area contributed by atoms with Gasteiger partial charge in [-0.05, 0) is 33.1 Å². The molecule has 27 heavy (non-hydrogen) atoms. The number of hydrogen-bond acceptors (Lipinski definition) is 2. The molecule has 0 amide bonds. The van der Waals surface area contributed by atoms with Crippen molar-refractivity contribution in [2.24, 2.45) is 0 Å². The van der Waals surface area contributed by atoms with Crippen molar-refractivity contribution < 1.29 is 4.74 Å². The molecule has 3 nitrogen and oxygen atoms in total. The summed E-state index contributed by atoms with van der Waals surface area (Å²) in [6.07, 6.45) is 12.0. The zero-order chi connectivity index (χ0) is 18.9. The van der Waals surface area contributed by atoms with Crippen molar-refractivity contribution in [3.8, 4) is 5.75 Å². The first kappa shape index (κ1) is 18.3. The second kappa shape index (κ2) is 7.53. The summed E-state index contributed by atoms with van der Waals surface area (Å²) in [5.74, 6) is 1.05. The maximum atomic E-state index is 6.44. The second-order valence-electron chi connectivity index (χ2n) is 8.62. The van der Waals surface area contributed by atoms with Gasteiger partial charge in [0.1, 0.15) is 11.4 Å². The van der Waals surface area contributed by atoms with Gasteiger partial charge in [0.15, 0.2) is 0 Å². The lowest BCUT2D eigenvalue weighted by atomic mass is 9.91. The number of rotatable bonds is 7. The summed E-state index contributed by atoms with van der Waals surface area (Å²) in [6.45, 7) is 7.70. The summed E-state index contributed by atoms with van der Waals surface area (Å²) in [7, 11) is 0. The molecule has 0 radical (unpaired) electrons. The Hall–Kier alpha value is -2.03. The molecule has 2 heterocycles. The Morgan fingerprint density at radius 2 is 1.78 bits per heavy atom. The minimum atomic E-state index is -0.107. The first-order valence-corrected chi connectivity index (χ1v) is 10.7. The minimum absolute atomic E-state index is 0.107. The Labute approximate surface area is 162 Å². The van der Waals surface area contributed by atoms with E-state index in [0.717, 1.165) is 30.7 Å². The highest BCUT2D eigenvalue weighted by Gasteiger charge is 2.30. The topological polar surface area (TPSA) is 27.1 Å². The monoisotopic (exact) mass is 364 g/mol. The van der Waals surface area contributed by atoms with Crippen LogP contribution in [0.5, 0.6) is 5.75 Å². The number of unbranched alkanes of at least 4 members (excludes halogenated alkanes) is 5. The standard InChI is InChI=1S/C24H32N2O/c1-4-5-6-7-8-11-16-26-17-25-21-20-14-15-24(2,3)27-23(20)19-13-10-9-12-18(19)22(21)26/h9-10,12-13,17H,4-8,11,14-16H2,1-3H3. The van der Waals surface area contributed by atoms with Crippen LogP contribution in [0.3, 0.4) is 0 Å². The van der Waals surface area contributed by atoms with Gasteiger partial charge in [-0.25, -0.2) is 4.98 Å². The Balaban J connectivity index is 1.69. The fraction of sp³-hybridized carbons (Fsp3) is 0.542. The highest BCUT2D eigenvalue weighted by Crippen LogP contribution is 2.43. The molecule has 3 heteroatoms. The molecule has 0 unspecified atom stereocenters. The average molecular weight is 365 g/mol. The summed E-state index contributed by atoms with van der Waals surface area (Å²) in [4.78, 5) is 4.84. The summed E-state index contributed by atoms with van der Waals surface area (Å²) < 4.78 is 8.81. The lowest BCUT2D eigenvalue weighted by molar-refractivity contribution is 0.0873. The molecule has 0 saturated heterocycles. The maximum Gasteiger partial charge on any atom is 0.133 e. The molecule has 144 valence electrons. The van der Waals surface area contributed by atoms with Gasteiger partial charge in [-0.15, -0.1) is 0 Å². The zero-order valence-electron chi connectivity index (χ0n) is 17.1. The van der Waals surface area contributed by atoms with Crippen LogP contribution >= 0.6 is 0 Å². The lowest BCUT2D eigenvalue weighted by Gasteiger charge is -2.33. The molecule has 1 aliphatic rings. The second-order valence-corrected chi connectivity index (χ2v) is 8.62. The molecule has 2 aromatic carbocycles. The van der Waals surface area contributed by atoms with Crippen molar-refractivity contribution in [3.63, 3.8) is 0 Å². The Morgan fingerprint density at radius 1 is 1.04 bits per heavy atom. The summed E-state index contributed by atoms with van der Waals surface area (Å²) in [5.41, 5.74) is 3.63. The van der Waals surface area contributed by atoms with E-state index in [2.05, 4.69) is 49.6 Å². The van der Waals surface area contributed by atoms with E-state index >= 15 is 0 Å². The highest BCUT2D eigenvalue weighted by atomic mass is 16.5. The molecule has 4 rings (SSSR count). The predicted octanol–water partition coefficient (Wildman–Crippen LogP) is 6.65. The van der Waals surface area contributed by atoms with Crippen LogP contribution < -0.4 is 4.74 Å².